The van der Waals surface area contributed by atoms with E-state index < -0.39 is 87.3 Å². The summed E-state index contributed by atoms with van der Waals surface area (Å²) < 4.78 is 59.2. The lowest BCUT2D eigenvalue weighted by atomic mass is 9.99. The van der Waals surface area contributed by atoms with Crippen molar-refractivity contribution in [3.8, 4) is 0 Å². The van der Waals surface area contributed by atoms with Gasteiger partial charge in [0.05, 0.1) is 44.6 Å². The van der Waals surface area contributed by atoms with Gasteiger partial charge in [0.1, 0.15) is 36.0 Å². The number of aromatic amines is 1. The van der Waals surface area contributed by atoms with Crippen LogP contribution in [0.3, 0.4) is 0 Å². The third-order valence-corrected chi connectivity index (χ3v) is 12.0. The highest BCUT2D eigenvalue weighted by Gasteiger charge is 2.74. The van der Waals surface area contributed by atoms with Crippen molar-refractivity contribution in [2.75, 3.05) is 25.6 Å². The first-order chi connectivity index (χ1) is 22.3. The third kappa shape index (κ3) is 4.99. The van der Waals surface area contributed by atoms with Crippen molar-refractivity contribution < 1.29 is 47.1 Å². The van der Waals surface area contributed by atoms with E-state index in [0.29, 0.717) is 17.6 Å². The molecule has 11 atom stereocenters. The van der Waals surface area contributed by atoms with Crippen molar-refractivity contribution in [1.82, 2.24) is 39.0 Å². The van der Waals surface area contributed by atoms with Gasteiger partial charge in [0.15, 0.2) is 28.9 Å². The van der Waals surface area contributed by atoms with Gasteiger partial charge in [0.2, 0.25) is 0 Å². The largest absolute Gasteiger partial charge is 0.472 e. The molecule has 23 heteroatoms. The van der Waals surface area contributed by atoms with Gasteiger partial charge in [-0.15, -0.1) is 0 Å². The van der Waals surface area contributed by atoms with Gasteiger partial charge in [-0.1, -0.05) is 12.2 Å². The van der Waals surface area contributed by atoms with Crippen LogP contribution in [0.1, 0.15) is 24.5 Å². The minimum atomic E-state index is -4.92. The monoisotopic (exact) mass is 713 g/mol. The number of nitrogen functional groups attached to an aromatic ring is 1. The Morgan fingerprint density at radius 2 is 1.89 bits per heavy atom. The quantitative estimate of drug-likeness (QED) is 0.122. The van der Waals surface area contributed by atoms with Crippen LogP contribution < -0.4 is 11.3 Å². The van der Waals surface area contributed by atoms with E-state index in [1.807, 2.05) is 0 Å². The van der Waals surface area contributed by atoms with Gasteiger partial charge in [-0.05, 0) is 19.3 Å². The predicted octanol–water partition coefficient (Wildman–Crippen LogP) is 0.233. The van der Waals surface area contributed by atoms with E-state index >= 15 is 0 Å². The van der Waals surface area contributed by atoms with Crippen LogP contribution >= 0.6 is 26.9 Å². The number of aromatic nitrogens is 8. The van der Waals surface area contributed by atoms with Crippen LogP contribution in [0.5, 0.6) is 0 Å². The highest BCUT2D eigenvalue weighted by atomic mass is 32.7. The SMILES string of the molecule is Cc1nc2c(ncn2[C@@H]2O[C@@H]3COP(=O)(O)O[C@H]4[C@@H](O)[C@H](n5cnc6c(N)ncnc65)[C@H]5CC54CO[P@@](=O)(S)O[C@@H]2[C@@H]3CO)c(=O)[nH]1. The van der Waals surface area contributed by atoms with E-state index in [0.717, 1.165) is 0 Å². The number of hydrogen-bond acceptors (Lipinski definition) is 16. The average molecular weight is 714 g/mol. The zero-order chi connectivity index (χ0) is 33.0. The number of rotatable bonds is 3. The van der Waals surface area contributed by atoms with Crippen LogP contribution in [0.25, 0.3) is 22.3 Å². The molecule has 6 N–H and O–H groups in total. The fourth-order valence-corrected chi connectivity index (χ4v) is 9.78. The Hall–Kier alpha value is -2.81. The number of aliphatic hydroxyl groups excluding tert-OH is 2. The van der Waals surface area contributed by atoms with Crippen LogP contribution in [0.15, 0.2) is 23.8 Å². The van der Waals surface area contributed by atoms with Gasteiger partial charge >= 0.3 is 14.6 Å². The molecule has 4 aliphatic rings. The molecule has 4 aromatic rings. The molecule has 2 saturated heterocycles. The van der Waals surface area contributed by atoms with E-state index in [1.165, 1.54) is 23.5 Å². The number of nitrogens with zero attached hydrogens (tertiary/aromatic N) is 7. The van der Waals surface area contributed by atoms with Gasteiger partial charge < -0.3 is 39.7 Å². The van der Waals surface area contributed by atoms with E-state index in [4.69, 9.17) is 28.6 Å². The highest BCUT2D eigenvalue weighted by Crippen LogP contribution is 2.72. The number of H-pyrrole nitrogens is 1. The molecular weight excluding hydrogens is 684 g/mol. The number of aliphatic hydroxyl groups is 2. The molecule has 1 spiro atoms. The maximum absolute atomic E-state index is 13.9. The lowest BCUT2D eigenvalue weighted by molar-refractivity contribution is -0.0623. The summed E-state index contributed by atoms with van der Waals surface area (Å²) in [6.07, 6.45) is -2.01. The zero-order valence-corrected chi connectivity index (χ0v) is 27.0. The number of imidazole rings is 2. The second-order valence-corrected chi connectivity index (χ2v) is 16.4. The second-order valence-electron chi connectivity index (χ2n) is 12.1. The number of hydrogen-bond donors (Lipinski definition) is 6. The van der Waals surface area contributed by atoms with Crippen LogP contribution in [0.2, 0.25) is 0 Å². The summed E-state index contributed by atoms with van der Waals surface area (Å²) in [6, 6.07) is -0.757. The Bertz CT molecular complexity index is 2060. The van der Waals surface area contributed by atoms with Gasteiger partial charge in [-0.2, -0.15) is 0 Å². The molecular formula is C24H29N9O11P2S. The number of phosphoric ester groups is 1. The summed E-state index contributed by atoms with van der Waals surface area (Å²) in [6.45, 7) is -4.27. The molecule has 0 aromatic carbocycles. The molecule has 0 radical (unpaired) electrons. The molecule has 4 aromatic heterocycles. The van der Waals surface area contributed by atoms with E-state index in [-0.39, 0.29) is 29.4 Å². The molecule has 47 heavy (non-hydrogen) atoms. The van der Waals surface area contributed by atoms with Gasteiger partial charge in [-0.25, -0.2) is 34.0 Å². The smallest absolute Gasteiger partial charge is 0.396 e. The average Bonchev–Trinajstić information content (AvgIpc) is 3.30. The molecule has 2 aliphatic heterocycles. The standard InChI is InChI=1S/C24H29N9O11P2S/c1-9-30-21-14(22(36)31-9)29-8-33(21)23-17-10(3-34)12(42-23)4-40-45(37,38)44-18-16(35)15(11-2-24(11,18)5-41-46(39,47)43-17)32-7-28-13-19(25)26-6-27-20(13)32/h6-8,10-12,15-18,23,34-35H,2-5H2,1H3,(H,37,38)(H,39,47)(H2,25,26,27)(H,30,31,36)/t10-,11-,12-,15-,16+,17-,18+,23-,24?,46-/m1/s1. The molecule has 2 bridgehead atoms. The van der Waals surface area contributed by atoms with Crippen molar-refractivity contribution in [1.29, 1.82) is 0 Å². The minimum absolute atomic E-state index is 0.00903. The Labute approximate surface area is 268 Å². The molecule has 2 saturated carbocycles. The maximum atomic E-state index is 13.9. The van der Waals surface area contributed by atoms with E-state index in [9.17, 15) is 29.0 Å². The van der Waals surface area contributed by atoms with Crippen molar-refractivity contribution in [3.63, 3.8) is 0 Å². The third-order valence-electron chi connectivity index (χ3n) is 9.46. The molecule has 2 unspecified atom stereocenters. The molecule has 6 heterocycles. The first kappa shape index (κ1) is 31.5. The lowest BCUT2D eigenvalue weighted by Crippen LogP contribution is -2.38. The molecule has 4 fully saturated rings. The van der Waals surface area contributed by atoms with Gasteiger partial charge in [0, 0.05) is 11.3 Å². The number of nitrogens with one attached hydrogen (secondary N) is 1. The van der Waals surface area contributed by atoms with Gasteiger partial charge in [0.25, 0.3) is 5.56 Å². The number of thiol groups is 1. The lowest BCUT2D eigenvalue weighted by Gasteiger charge is -2.30. The topological polar surface area (TPSA) is 274 Å². The fraction of sp³-hybridized carbons (Fsp3) is 0.583. The number of fused-ring (bicyclic) bond motifs is 4. The van der Waals surface area contributed by atoms with Crippen molar-refractivity contribution in [3.05, 3.63) is 35.2 Å². The first-order valence-electron chi connectivity index (χ1n) is 14.4. The number of phosphoric acid groups is 1. The molecule has 0 amide bonds. The van der Waals surface area contributed by atoms with Crippen LogP contribution in [0.4, 0.5) is 5.82 Å². The van der Waals surface area contributed by atoms with Crippen LogP contribution in [-0.2, 0) is 32.0 Å². The summed E-state index contributed by atoms with van der Waals surface area (Å²) in [4.78, 5) is 46.9. The molecule has 252 valence electrons. The van der Waals surface area contributed by atoms with Crippen LogP contribution in [-0.4, -0.2) is 98.4 Å². The molecule has 8 rings (SSSR count). The molecule has 2 aliphatic carbocycles. The Morgan fingerprint density at radius 3 is 2.68 bits per heavy atom. The Balaban J connectivity index is 1.15. The Kier molecular flexibility index (Phi) is 7.26. The second kappa shape index (κ2) is 10.8. The predicted molar refractivity (Wildman–Crippen MR) is 161 cm³/mol. The summed E-state index contributed by atoms with van der Waals surface area (Å²) in [7, 11) is -4.92. The summed E-state index contributed by atoms with van der Waals surface area (Å²) in [5, 5.41) is 21.9. The fourth-order valence-electron chi connectivity index (χ4n) is 7.23. The van der Waals surface area contributed by atoms with Crippen LogP contribution in [0, 0.1) is 24.2 Å². The number of ether oxygens (including phenoxy) is 1. The highest BCUT2D eigenvalue weighted by molar-refractivity contribution is 8.44. The Morgan fingerprint density at radius 1 is 1.13 bits per heavy atom. The van der Waals surface area contributed by atoms with Crippen molar-refractivity contribution in [2.24, 2.45) is 17.3 Å². The first-order valence-corrected chi connectivity index (χ1v) is 18.6. The number of aryl methyl sites for hydroxylation is 1. The summed E-state index contributed by atoms with van der Waals surface area (Å²) in [5.74, 6) is -0.993. The number of nitrogens with two attached hydrogens (primary N) is 1. The summed E-state index contributed by atoms with van der Waals surface area (Å²) in [5.41, 5.74) is 5.07. The van der Waals surface area contributed by atoms with E-state index in [2.05, 4.69) is 42.2 Å². The van der Waals surface area contributed by atoms with Gasteiger partial charge in [-0.3, -0.25) is 22.9 Å². The maximum Gasteiger partial charge on any atom is 0.472 e. The van der Waals surface area contributed by atoms with E-state index in [1.54, 1.807) is 11.5 Å². The van der Waals surface area contributed by atoms with Crippen molar-refractivity contribution >= 4 is 55.0 Å². The zero-order valence-electron chi connectivity index (χ0n) is 24.3. The minimum Gasteiger partial charge on any atom is -0.396 e. The molecule has 20 nitrogen and oxygen atoms in total. The number of anilines is 1. The normalized spacial score (nSPS) is 40.4. The van der Waals surface area contributed by atoms with Crippen molar-refractivity contribution in [2.45, 2.75) is 50.0 Å². The summed E-state index contributed by atoms with van der Waals surface area (Å²) >= 11 is 4.24.